The maximum Gasteiger partial charge on any atom is 0.228 e. The topological polar surface area (TPSA) is 49.3 Å². The lowest BCUT2D eigenvalue weighted by Crippen LogP contribution is -2.14. The van der Waals surface area contributed by atoms with Gasteiger partial charge < -0.3 is 10.4 Å². The van der Waals surface area contributed by atoms with Crippen molar-refractivity contribution < 1.29 is 9.90 Å². The fourth-order valence-electron chi connectivity index (χ4n) is 1.60. The highest BCUT2D eigenvalue weighted by Crippen LogP contribution is 2.18. The van der Waals surface area contributed by atoms with Gasteiger partial charge in [0.05, 0.1) is 6.42 Å². The molecule has 0 spiro atoms. The van der Waals surface area contributed by atoms with Crippen molar-refractivity contribution >= 4 is 23.2 Å². The molecule has 92 valence electrons. The molecule has 0 heterocycles. The molecule has 2 aromatic rings. The Hall–Kier alpha value is -2.00. The fourth-order valence-corrected chi connectivity index (χ4v) is 1.81. The highest BCUT2D eigenvalue weighted by Gasteiger charge is 2.07. The number of amides is 1. The number of phenols is 1. The number of phenolic OH excluding ortho intramolecular Hbond substituents is 1. The fraction of sp³-hybridized carbons (Fsp3) is 0.0714. The zero-order valence-corrected chi connectivity index (χ0v) is 10.3. The van der Waals surface area contributed by atoms with Crippen molar-refractivity contribution in [2.75, 3.05) is 5.32 Å². The van der Waals surface area contributed by atoms with E-state index in [1.54, 1.807) is 24.3 Å². The van der Waals surface area contributed by atoms with E-state index < -0.39 is 0 Å². The van der Waals surface area contributed by atoms with Crippen LogP contribution in [0.3, 0.4) is 0 Å². The third-order valence-electron chi connectivity index (χ3n) is 2.44. The second kappa shape index (κ2) is 5.56. The predicted octanol–water partition coefficient (Wildman–Crippen LogP) is 3.23. The van der Waals surface area contributed by atoms with Crippen LogP contribution in [0.1, 0.15) is 5.56 Å². The van der Waals surface area contributed by atoms with Gasteiger partial charge >= 0.3 is 0 Å². The number of carbonyl (C=O) groups excluding carboxylic acids is 1. The molecule has 0 radical (unpaired) electrons. The minimum absolute atomic E-state index is 0.116. The van der Waals surface area contributed by atoms with Gasteiger partial charge in [-0.25, -0.2) is 0 Å². The van der Waals surface area contributed by atoms with Crippen LogP contribution < -0.4 is 5.32 Å². The van der Waals surface area contributed by atoms with Crippen LogP contribution in [0.15, 0.2) is 48.5 Å². The van der Waals surface area contributed by atoms with Gasteiger partial charge in [0.15, 0.2) is 0 Å². The number of carbonyl (C=O) groups is 1. The average Bonchev–Trinajstić information content (AvgIpc) is 2.32. The van der Waals surface area contributed by atoms with Gasteiger partial charge in [0.1, 0.15) is 5.75 Å². The van der Waals surface area contributed by atoms with Gasteiger partial charge in [0, 0.05) is 16.8 Å². The summed E-state index contributed by atoms with van der Waals surface area (Å²) in [6.07, 6.45) is 0.204. The summed E-state index contributed by atoms with van der Waals surface area (Å²) in [4.78, 5) is 11.8. The van der Waals surface area contributed by atoms with Crippen LogP contribution >= 0.6 is 11.6 Å². The third-order valence-corrected chi connectivity index (χ3v) is 2.81. The first-order valence-corrected chi connectivity index (χ1v) is 5.85. The lowest BCUT2D eigenvalue weighted by atomic mass is 10.1. The van der Waals surface area contributed by atoms with Gasteiger partial charge in [0.2, 0.25) is 5.91 Å². The first kappa shape index (κ1) is 12.5. The largest absolute Gasteiger partial charge is 0.508 e. The van der Waals surface area contributed by atoms with Gasteiger partial charge in [-0.15, -0.1) is 0 Å². The van der Waals surface area contributed by atoms with Gasteiger partial charge in [-0.1, -0.05) is 35.9 Å². The van der Waals surface area contributed by atoms with E-state index in [0.717, 1.165) is 5.56 Å². The standard InChI is InChI=1S/C14H12ClNO2/c15-13-7-2-1-4-10(13)8-14(18)16-11-5-3-6-12(17)9-11/h1-7,9,17H,8H2,(H,16,18). The maximum atomic E-state index is 11.8. The molecule has 3 nitrogen and oxygen atoms in total. The second-order valence-electron chi connectivity index (χ2n) is 3.87. The van der Waals surface area contributed by atoms with Gasteiger partial charge in [-0.3, -0.25) is 4.79 Å². The number of benzene rings is 2. The number of hydrogen-bond acceptors (Lipinski definition) is 2. The molecule has 0 saturated heterocycles. The Morgan fingerprint density at radius 3 is 2.67 bits per heavy atom. The maximum absolute atomic E-state index is 11.8. The van der Waals surface area contributed by atoms with Crippen LogP contribution in [0, 0.1) is 0 Å². The van der Waals surface area contributed by atoms with E-state index in [-0.39, 0.29) is 18.1 Å². The van der Waals surface area contributed by atoms with Crippen molar-refractivity contribution in [3.63, 3.8) is 0 Å². The van der Waals surface area contributed by atoms with E-state index in [2.05, 4.69) is 5.32 Å². The first-order valence-electron chi connectivity index (χ1n) is 5.47. The third kappa shape index (κ3) is 3.25. The number of halogens is 1. The zero-order valence-electron chi connectivity index (χ0n) is 9.56. The van der Waals surface area contributed by atoms with Gasteiger partial charge in [-0.2, -0.15) is 0 Å². The minimum Gasteiger partial charge on any atom is -0.508 e. The molecule has 0 aliphatic heterocycles. The minimum atomic E-state index is -0.172. The number of nitrogens with one attached hydrogen (secondary N) is 1. The average molecular weight is 262 g/mol. The van der Waals surface area contributed by atoms with E-state index in [1.807, 2.05) is 18.2 Å². The van der Waals surface area contributed by atoms with Crippen LogP contribution in [-0.2, 0) is 11.2 Å². The molecule has 0 atom stereocenters. The first-order chi connectivity index (χ1) is 8.65. The smallest absolute Gasteiger partial charge is 0.228 e. The van der Waals surface area contributed by atoms with Crippen molar-refractivity contribution in [3.8, 4) is 5.75 Å². The highest BCUT2D eigenvalue weighted by atomic mass is 35.5. The molecule has 2 rings (SSSR count). The van der Waals surface area contributed by atoms with Crippen LogP contribution in [0.4, 0.5) is 5.69 Å². The summed E-state index contributed by atoms with van der Waals surface area (Å²) in [5, 5.41) is 12.6. The normalized spacial score (nSPS) is 10.1. The van der Waals surface area contributed by atoms with Crippen molar-refractivity contribution in [1.29, 1.82) is 0 Å². The summed E-state index contributed by atoms with van der Waals surface area (Å²) < 4.78 is 0. The summed E-state index contributed by atoms with van der Waals surface area (Å²) in [6, 6.07) is 13.6. The zero-order chi connectivity index (χ0) is 13.0. The predicted molar refractivity (Wildman–Crippen MR) is 71.9 cm³/mol. The SMILES string of the molecule is O=C(Cc1ccccc1Cl)Nc1cccc(O)c1. The van der Waals surface area contributed by atoms with Crippen LogP contribution in [0.5, 0.6) is 5.75 Å². The van der Waals surface area contributed by atoms with E-state index in [1.165, 1.54) is 6.07 Å². The second-order valence-corrected chi connectivity index (χ2v) is 4.27. The summed E-state index contributed by atoms with van der Waals surface area (Å²) in [5.74, 6) is -0.0563. The molecule has 0 aliphatic carbocycles. The van der Waals surface area contributed by atoms with Crippen molar-refractivity contribution in [1.82, 2.24) is 0 Å². The van der Waals surface area contributed by atoms with E-state index in [9.17, 15) is 9.90 Å². The van der Waals surface area contributed by atoms with Crippen molar-refractivity contribution in [3.05, 3.63) is 59.1 Å². The molecule has 1 amide bonds. The van der Waals surface area contributed by atoms with Crippen LogP contribution in [-0.4, -0.2) is 11.0 Å². The van der Waals surface area contributed by atoms with Crippen molar-refractivity contribution in [2.24, 2.45) is 0 Å². The lowest BCUT2D eigenvalue weighted by molar-refractivity contribution is -0.115. The summed E-state index contributed by atoms with van der Waals surface area (Å²) in [7, 11) is 0. The van der Waals surface area contributed by atoms with E-state index in [4.69, 9.17) is 11.6 Å². The molecule has 0 unspecified atom stereocenters. The Morgan fingerprint density at radius 2 is 1.94 bits per heavy atom. The Balaban J connectivity index is 2.03. The number of aromatic hydroxyl groups is 1. The number of hydrogen-bond donors (Lipinski definition) is 2. The van der Waals surface area contributed by atoms with Crippen LogP contribution in [0.25, 0.3) is 0 Å². The summed E-state index contributed by atoms with van der Waals surface area (Å²) in [6.45, 7) is 0. The highest BCUT2D eigenvalue weighted by molar-refractivity contribution is 6.31. The summed E-state index contributed by atoms with van der Waals surface area (Å²) in [5.41, 5.74) is 1.34. The molecule has 0 saturated carbocycles. The molecule has 4 heteroatoms. The molecule has 18 heavy (non-hydrogen) atoms. The molecule has 0 fully saturated rings. The number of rotatable bonds is 3. The summed E-state index contributed by atoms with van der Waals surface area (Å²) >= 11 is 5.98. The van der Waals surface area contributed by atoms with Crippen molar-refractivity contribution in [2.45, 2.75) is 6.42 Å². The Bertz CT molecular complexity index is 569. The van der Waals surface area contributed by atoms with Gasteiger partial charge in [-0.05, 0) is 23.8 Å². The number of anilines is 1. The molecule has 0 aromatic heterocycles. The molecule has 2 N–H and O–H groups in total. The molecular weight excluding hydrogens is 250 g/mol. The lowest BCUT2D eigenvalue weighted by Gasteiger charge is -2.06. The Kier molecular flexibility index (Phi) is 3.85. The van der Waals surface area contributed by atoms with E-state index in [0.29, 0.717) is 10.7 Å². The quantitative estimate of drug-likeness (QED) is 0.891. The van der Waals surface area contributed by atoms with Crippen LogP contribution in [0.2, 0.25) is 5.02 Å². The molecule has 2 aromatic carbocycles. The molecule has 0 bridgehead atoms. The Morgan fingerprint density at radius 1 is 1.17 bits per heavy atom. The van der Waals surface area contributed by atoms with E-state index >= 15 is 0 Å². The molecular formula is C14H12ClNO2. The monoisotopic (exact) mass is 261 g/mol. The van der Waals surface area contributed by atoms with Gasteiger partial charge in [0.25, 0.3) is 0 Å². The Labute approximate surface area is 110 Å². The molecule has 0 aliphatic rings.